The lowest BCUT2D eigenvalue weighted by molar-refractivity contribution is -0.384. The second-order valence-corrected chi connectivity index (χ2v) is 4.49. The molecule has 1 amide bonds. The predicted octanol–water partition coefficient (Wildman–Crippen LogP) is 1.95. The van der Waals surface area contributed by atoms with Crippen molar-refractivity contribution in [2.45, 2.75) is 19.9 Å². The van der Waals surface area contributed by atoms with Crippen LogP contribution in [0, 0.1) is 10.1 Å². The van der Waals surface area contributed by atoms with E-state index in [2.05, 4.69) is 0 Å². The maximum Gasteiger partial charge on any atom is 0.271 e. The third-order valence-electron chi connectivity index (χ3n) is 2.40. The number of halogens is 1. The Labute approximate surface area is 109 Å². The van der Waals surface area contributed by atoms with Crippen LogP contribution in [0.4, 0.5) is 11.4 Å². The van der Waals surface area contributed by atoms with Gasteiger partial charge in [0.25, 0.3) is 5.69 Å². The Morgan fingerprint density at radius 3 is 2.56 bits per heavy atom. The number of nitro groups is 1. The summed E-state index contributed by atoms with van der Waals surface area (Å²) in [5, 5.41) is 10.8. The van der Waals surface area contributed by atoms with Crippen molar-refractivity contribution in [2.24, 2.45) is 5.73 Å². The smallest absolute Gasteiger partial charge is 0.271 e. The summed E-state index contributed by atoms with van der Waals surface area (Å²) in [6.07, 6.45) is 0. The van der Waals surface area contributed by atoms with Gasteiger partial charge in [-0.15, -0.1) is 0 Å². The van der Waals surface area contributed by atoms with Gasteiger partial charge < -0.3 is 10.6 Å². The van der Waals surface area contributed by atoms with Gasteiger partial charge in [-0.1, -0.05) is 11.6 Å². The molecule has 1 aromatic rings. The monoisotopic (exact) mass is 271 g/mol. The number of nitrogens with two attached hydrogens (primary N) is 1. The quantitative estimate of drug-likeness (QED) is 0.655. The number of carbonyl (C=O) groups excluding carboxylic acids is 1. The number of primary amides is 1. The molecule has 0 aliphatic carbocycles. The fourth-order valence-electron chi connectivity index (χ4n) is 1.56. The first kappa shape index (κ1) is 14.2. The SMILES string of the molecule is CC(C)N(CC(N)=O)c1ccc([N+](=O)[O-])cc1Cl. The average molecular weight is 272 g/mol. The number of hydrogen-bond donors (Lipinski definition) is 1. The first-order chi connectivity index (χ1) is 8.32. The summed E-state index contributed by atoms with van der Waals surface area (Å²) in [6.45, 7) is 3.76. The molecule has 0 aliphatic rings. The number of hydrogen-bond acceptors (Lipinski definition) is 4. The molecule has 0 saturated heterocycles. The highest BCUT2D eigenvalue weighted by molar-refractivity contribution is 6.33. The summed E-state index contributed by atoms with van der Waals surface area (Å²) >= 11 is 6.00. The summed E-state index contributed by atoms with van der Waals surface area (Å²) in [5.74, 6) is -0.488. The van der Waals surface area contributed by atoms with Crippen molar-refractivity contribution in [3.8, 4) is 0 Å². The molecule has 0 spiro atoms. The lowest BCUT2D eigenvalue weighted by Crippen LogP contribution is -2.38. The Morgan fingerprint density at radius 2 is 2.17 bits per heavy atom. The Morgan fingerprint density at radius 1 is 1.56 bits per heavy atom. The molecule has 6 nitrogen and oxygen atoms in total. The van der Waals surface area contributed by atoms with Crippen LogP contribution >= 0.6 is 11.6 Å². The van der Waals surface area contributed by atoms with Crippen molar-refractivity contribution < 1.29 is 9.72 Å². The summed E-state index contributed by atoms with van der Waals surface area (Å²) in [7, 11) is 0. The van der Waals surface area contributed by atoms with E-state index in [-0.39, 0.29) is 23.3 Å². The molecule has 0 atom stereocenters. The van der Waals surface area contributed by atoms with Crippen LogP contribution in [0.5, 0.6) is 0 Å². The van der Waals surface area contributed by atoms with Crippen LogP contribution in [0.2, 0.25) is 5.02 Å². The summed E-state index contributed by atoms with van der Waals surface area (Å²) < 4.78 is 0. The molecule has 0 fully saturated rings. The molecular weight excluding hydrogens is 258 g/mol. The lowest BCUT2D eigenvalue weighted by Gasteiger charge is -2.28. The van der Waals surface area contributed by atoms with Gasteiger partial charge in [0.1, 0.15) is 0 Å². The molecule has 98 valence electrons. The largest absolute Gasteiger partial charge is 0.368 e. The molecule has 0 bridgehead atoms. The molecule has 0 unspecified atom stereocenters. The fraction of sp³-hybridized carbons (Fsp3) is 0.364. The van der Waals surface area contributed by atoms with Crippen molar-refractivity contribution in [2.75, 3.05) is 11.4 Å². The maximum absolute atomic E-state index is 11.0. The predicted molar refractivity (Wildman–Crippen MR) is 69.8 cm³/mol. The van der Waals surface area contributed by atoms with Crippen LogP contribution in [-0.4, -0.2) is 23.4 Å². The normalized spacial score (nSPS) is 10.4. The highest BCUT2D eigenvalue weighted by Crippen LogP contribution is 2.30. The number of non-ortho nitro benzene ring substituents is 1. The van der Waals surface area contributed by atoms with Gasteiger partial charge in [0.05, 0.1) is 22.2 Å². The molecule has 7 heteroatoms. The van der Waals surface area contributed by atoms with Crippen molar-refractivity contribution in [1.82, 2.24) is 0 Å². The van der Waals surface area contributed by atoms with E-state index in [1.807, 2.05) is 13.8 Å². The third-order valence-corrected chi connectivity index (χ3v) is 2.70. The molecule has 1 rings (SSSR count). The number of nitro benzene ring substituents is 1. The van der Waals surface area contributed by atoms with Crippen LogP contribution in [0.15, 0.2) is 18.2 Å². The Balaban J connectivity index is 3.13. The van der Waals surface area contributed by atoms with Gasteiger partial charge in [0.2, 0.25) is 5.91 Å². The van der Waals surface area contributed by atoms with Gasteiger partial charge >= 0.3 is 0 Å². The van der Waals surface area contributed by atoms with E-state index in [1.165, 1.54) is 18.2 Å². The summed E-state index contributed by atoms with van der Waals surface area (Å²) in [4.78, 5) is 22.8. The van der Waals surface area contributed by atoms with Crippen molar-refractivity contribution in [1.29, 1.82) is 0 Å². The van der Waals surface area contributed by atoms with Crippen LogP contribution in [0.3, 0.4) is 0 Å². The van der Waals surface area contributed by atoms with Crippen LogP contribution in [-0.2, 0) is 4.79 Å². The fourth-order valence-corrected chi connectivity index (χ4v) is 1.84. The van der Waals surface area contributed by atoms with Gasteiger partial charge in [0, 0.05) is 18.2 Å². The van der Waals surface area contributed by atoms with E-state index < -0.39 is 10.8 Å². The summed E-state index contributed by atoms with van der Waals surface area (Å²) in [6, 6.07) is 4.12. The first-order valence-corrected chi connectivity index (χ1v) is 5.69. The Kier molecular flexibility index (Phi) is 4.49. The van der Waals surface area contributed by atoms with Crippen LogP contribution in [0.25, 0.3) is 0 Å². The van der Waals surface area contributed by atoms with Crippen LogP contribution < -0.4 is 10.6 Å². The number of benzene rings is 1. The Hall–Kier alpha value is -1.82. The zero-order valence-electron chi connectivity index (χ0n) is 10.1. The van der Waals surface area contributed by atoms with Crippen LogP contribution in [0.1, 0.15) is 13.8 Å². The highest BCUT2D eigenvalue weighted by atomic mass is 35.5. The van der Waals surface area contributed by atoms with E-state index in [4.69, 9.17) is 17.3 Å². The number of amides is 1. The van der Waals surface area contributed by atoms with Gasteiger partial charge in [-0.25, -0.2) is 0 Å². The molecule has 0 radical (unpaired) electrons. The average Bonchev–Trinajstić information content (AvgIpc) is 2.25. The molecule has 0 heterocycles. The minimum Gasteiger partial charge on any atom is -0.368 e. The molecule has 18 heavy (non-hydrogen) atoms. The second-order valence-electron chi connectivity index (χ2n) is 4.08. The van der Waals surface area contributed by atoms with Crippen molar-refractivity contribution in [3.05, 3.63) is 33.3 Å². The standard InChI is InChI=1S/C11H14ClN3O3/c1-7(2)14(6-11(13)16)10-4-3-8(15(17)18)5-9(10)12/h3-5,7H,6H2,1-2H3,(H2,13,16). The van der Waals surface area contributed by atoms with Gasteiger partial charge in [-0.2, -0.15) is 0 Å². The van der Waals surface area contributed by atoms with E-state index in [0.717, 1.165) is 0 Å². The zero-order valence-corrected chi connectivity index (χ0v) is 10.8. The van der Waals surface area contributed by atoms with Crippen molar-refractivity contribution >= 4 is 28.9 Å². The minimum absolute atomic E-state index is 0.00328. The van der Waals surface area contributed by atoms with E-state index in [1.54, 1.807) is 4.90 Å². The van der Waals surface area contributed by atoms with Crippen molar-refractivity contribution in [3.63, 3.8) is 0 Å². The zero-order chi connectivity index (χ0) is 13.9. The Bertz CT molecular complexity index is 477. The third kappa shape index (κ3) is 3.33. The number of rotatable bonds is 5. The molecular formula is C11H14ClN3O3. The molecule has 2 N–H and O–H groups in total. The van der Waals surface area contributed by atoms with Gasteiger partial charge in [-0.05, 0) is 19.9 Å². The topological polar surface area (TPSA) is 89.5 Å². The highest BCUT2D eigenvalue weighted by Gasteiger charge is 2.18. The van der Waals surface area contributed by atoms with Gasteiger partial charge in [-0.3, -0.25) is 14.9 Å². The molecule has 0 aromatic heterocycles. The lowest BCUT2D eigenvalue weighted by atomic mass is 10.2. The van der Waals surface area contributed by atoms with E-state index in [9.17, 15) is 14.9 Å². The maximum atomic E-state index is 11.0. The number of carbonyl (C=O) groups is 1. The van der Waals surface area contributed by atoms with E-state index in [0.29, 0.717) is 5.69 Å². The first-order valence-electron chi connectivity index (χ1n) is 5.31. The molecule has 1 aromatic carbocycles. The minimum atomic E-state index is -0.524. The molecule has 0 saturated carbocycles. The van der Waals surface area contributed by atoms with E-state index >= 15 is 0 Å². The van der Waals surface area contributed by atoms with Gasteiger partial charge in [0.15, 0.2) is 0 Å². The second kappa shape index (κ2) is 5.68. The molecule has 0 aliphatic heterocycles. The summed E-state index contributed by atoms with van der Waals surface area (Å²) in [5.41, 5.74) is 5.63. The number of anilines is 1. The number of nitrogens with zero attached hydrogens (tertiary/aromatic N) is 2.